The third-order valence-electron chi connectivity index (χ3n) is 2.00. The van der Waals surface area contributed by atoms with E-state index in [1.54, 1.807) is 13.8 Å². The Morgan fingerprint density at radius 2 is 1.86 bits per heavy atom. The van der Waals surface area contributed by atoms with Crippen LogP contribution in [0.4, 0.5) is 0 Å². The first-order chi connectivity index (χ1) is 6.45. The SMILES string of the molecule is CC(C)c1c(O)ccc(C(=O)O)c1O. The lowest BCUT2D eigenvalue weighted by Gasteiger charge is -2.12. The van der Waals surface area contributed by atoms with E-state index in [9.17, 15) is 15.0 Å². The van der Waals surface area contributed by atoms with Crippen LogP contribution in [0.2, 0.25) is 0 Å². The van der Waals surface area contributed by atoms with Gasteiger partial charge in [0.05, 0.1) is 0 Å². The highest BCUT2D eigenvalue weighted by Crippen LogP contribution is 2.36. The summed E-state index contributed by atoms with van der Waals surface area (Å²) in [4.78, 5) is 10.7. The number of hydrogen-bond donors (Lipinski definition) is 3. The zero-order valence-electron chi connectivity index (χ0n) is 7.98. The van der Waals surface area contributed by atoms with E-state index in [0.717, 1.165) is 0 Å². The average molecular weight is 196 g/mol. The molecule has 3 N–H and O–H groups in total. The predicted octanol–water partition coefficient (Wildman–Crippen LogP) is 1.92. The van der Waals surface area contributed by atoms with E-state index in [2.05, 4.69) is 0 Å². The molecule has 0 aliphatic heterocycles. The van der Waals surface area contributed by atoms with Gasteiger partial charge in [0.1, 0.15) is 17.1 Å². The van der Waals surface area contributed by atoms with Crippen molar-refractivity contribution in [1.29, 1.82) is 0 Å². The number of benzene rings is 1. The van der Waals surface area contributed by atoms with Crippen LogP contribution in [0.1, 0.15) is 35.7 Å². The summed E-state index contributed by atoms with van der Waals surface area (Å²) in [6.45, 7) is 3.53. The summed E-state index contributed by atoms with van der Waals surface area (Å²) in [6.07, 6.45) is 0. The first-order valence-corrected chi connectivity index (χ1v) is 4.23. The Labute approximate surface area is 81.4 Å². The zero-order valence-corrected chi connectivity index (χ0v) is 7.98. The second-order valence-corrected chi connectivity index (χ2v) is 3.35. The molecule has 4 nitrogen and oxygen atoms in total. The van der Waals surface area contributed by atoms with E-state index < -0.39 is 5.97 Å². The van der Waals surface area contributed by atoms with Crippen molar-refractivity contribution in [3.05, 3.63) is 23.3 Å². The molecule has 0 saturated carbocycles. The maximum atomic E-state index is 10.7. The Kier molecular flexibility index (Phi) is 2.65. The van der Waals surface area contributed by atoms with Gasteiger partial charge in [-0.25, -0.2) is 4.79 Å². The summed E-state index contributed by atoms with van der Waals surface area (Å²) in [5.41, 5.74) is 0.0800. The monoisotopic (exact) mass is 196 g/mol. The highest BCUT2D eigenvalue weighted by molar-refractivity contribution is 5.91. The summed E-state index contributed by atoms with van der Waals surface area (Å²) in [6, 6.07) is 2.46. The number of phenols is 2. The molecule has 0 amide bonds. The topological polar surface area (TPSA) is 77.8 Å². The van der Waals surface area contributed by atoms with E-state index in [4.69, 9.17) is 5.11 Å². The highest BCUT2D eigenvalue weighted by Gasteiger charge is 2.18. The average Bonchev–Trinajstić information content (AvgIpc) is 2.02. The fourth-order valence-electron chi connectivity index (χ4n) is 1.34. The molecule has 1 rings (SSSR count). The fraction of sp³-hybridized carbons (Fsp3) is 0.300. The van der Waals surface area contributed by atoms with Crippen LogP contribution in [0.25, 0.3) is 0 Å². The lowest BCUT2D eigenvalue weighted by Crippen LogP contribution is -2.00. The minimum atomic E-state index is -1.20. The molecule has 0 aliphatic carbocycles. The Hall–Kier alpha value is -1.71. The minimum absolute atomic E-state index is 0.0810. The quantitative estimate of drug-likeness (QED) is 0.675. The van der Waals surface area contributed by atoms with Crippen molar-refractivity contribution in [1.82, 2.24) is 0 Å². The number of hydrogen-bond acceptors (Lipinski definition) is 3. The van der Waals surface area contributed by atoms with Gasteiger partial charge >= 0.3 is 5.97 Å². The lowest BCUT2D eigenvalue weighted by molar-refractivity contribution is 0.0693. The van der Waals surface area contributed by atoms with E-state index >= 15 is 0 Å². The third-order valence-corrected chi connectivity index (χ3v) is 2.00. The van der Waals surface area contributed by atoms with Crippen LogP contribution in [-0.4, -0.2) is 21.3 Å². The molecule has 1 aromatic carbocycles. The summed E-state index contributed by atoms with van der Waals surface area (Å²) < 4.78 is 0. The molecule has 0 unspecified atom stereocenters. The summed E-state index contributed by atoms with van der Waals surface area (Å²) >= 11 is 0. The number of phenolic OH excluding ortho intramolecular Hbond substituents is 1. The van der Waals surface area contributed by atoms with Gasteiger partial charge in [-0.3, -0.25) is 0 Å². The van der Waals surface area contributed by atoms with Crippen LogP contribution in [0.15, 0.2) is 12.1 Å². The minimum Gasteiger partial charge on any atom is -0.508 e. The molecule has 0 atom stereocenters. The molecule has 0 fully saturated rings. The summed E-state index contributed by atoms with van der Waals surface area (Å²) in [5.74, 6) is -1.77. The van der Waals surface area contributed by atoms with Crippen LogP contribution in [0.5, 0.6) is 11.5 Å². The van der Waals surface area contributed by atoms with Gasteiger partial charge in [0.2, 0.25) is 0 Å². The molecule has 0 bridgehead atoms. The van der Waals surface area contributed by atoms with Crippen molar-refractivity contribution in [3.63, 3.8) is 0 Å². The maximum absolute atomic E-state index is 10.7. The molecule has 4 heteroatoms. The summed E-state index contributed by atoms with van der Waals surface area (Å²) in [5, 5.41) is 27.7. The molecule has 0 heterocycles. The molecule has 0 radical (unpaired) electrons. The van der Waals surface area contributed by atoms with Crippen LogP contribution in [0, 0.1) is 0 Å². The smallest absolute Gasteiger partial charge is 0.339 e. The van der Waals surface area contributed by atoms with Gasteiger partial charge in [-0.15, -0.1) is 0 Å². The van der Waals surface area contributed by atoms with Crippen molar-refractivity contribution in [2.45, 2.75) is 19.8 Å². The largest absolute Gasteiger partial charge is 0.508 e. The lowest BCUT2D eigenvalue weighted by atomic mass is 9.98. The van der Waals surface area contributed by atoms with Gasteiger partial charge in [0.15, 0.2) is 0 Å². The number of aromatic carboxylic acids is 1. The Balaban J connectivity index is 3.41. The molecule has 0 spiro atoms. The van der Waals surface area contributed by atoms with Crippen molar-refractivity contribution in [3.8, 4) is 11.5 Å². The Morgan fingerprint density at radius 3 is 2.29 bits per heavy atom. The second-order valence-electron chi connectivity index (χ2n) is 3.35. The number of carboxylic acid groups (broad SMARTS) is 1. The predicted molar refractivity (Wildman–Crippen MR) is 50.8 cm³/mol. The second kappa shape index (κ2) is 3.57. The van der Waals surface area contributed by atoms with Gasteiger partial charge in [0, 0.05) is 5.56 Å². The molecule has 76 valence electrons. The third kappa shape index (κ3) is 1.64. The van der Waals surface area contributed by atoms with Crippen LogP contribution < -0.4 is 0 Å². The van der Waals surface area contributed by atoms with E-state index in [1.165, 1.54) is 12.1 Å². The molecule has 14 heavy (non-hydrogen) atoms. The molecule has 1 aromatic rings. The number of carbonyl (C=O) groups is 1. The van der Waals surface area contributed by atoms with Crippen LogP contribution in [0.3, 0.4) is 0 Å². The van der Waals surface area contributed by atoms with Crippen LogP contribution >= 0.6 is 0 Å². The number of rotatable bonds is 2. The number of aromatic hydroxyl groups is 2. The zero-order chi connectivity index (χ0) is 10.9. The maximum Gasteiger partial charge on any atom is 0.339 e. The van der Waals surface area contributed by atoms with Gasteiger partial charge in [0.25, 0.3) is 0 Å². The van der Waals surface area contributed by atoms with E-state index in [1.807, 2.05) is 0 Å². The molecule has 0 aliphatic rings. The normalized spacial score (nSPS) is 10.5. The van der Waals surface area contributed by atoms with E-state index in [-0.39, 0.29) is 28.5 Å². The fourth-order valence-corrected chi connectivity index (χ4v) is 1.34. The van der Waals surface area contributed by atoms with Crippen molar-refractivity contribution in [2.75, 3.05) is 0 Å². The van der Waals surface area contributed by atoms with Gasteiger partial charge in [-0.2, -0.15) is 0 Å². The Morgan fingerprint density at radius 1 is 1.29 bits per heavy atom. The molecular formula is C10H12O4. The molecule has 0 aromatic heterocycles. The first kappa shape index (κ1) is 10.4. The van der Waals surface area contributed by atoms with Gasteiger partial charge in [-0.05, 0) is 18.1 Å². The number of carboxylic acids is 1. The van der Waals surface area contributed by atoms with Crippen LogP contribution in [-0.2, 0) is 0 Å². The standard InChI is InChI=1S/C10H12O4/c1-5(2)8-7(11)4-3-6(9(8)12)10(13)14/h3-5,11-12H,1-2H3,(H,13,14). The van der Waals surface area contributed by atoms with Crippen molar-refractivity contribution in [2.24, 2.45) is 0 Å². The molecule has 0 saturated heterocycles. The first-order valence-electron chi connectivity index (χ1n) is 4.23. The van der Waals surface area contributed by atoms with Crippen molar-refractivity contribution >= 4 is 5.97 Å². The van der Waals surface area contributed by atoms with Gasteiger partial charge in [-0.1, -0.05) is 13.8 Å². The summed E-state index contributed by atoms with van der Waals surface area (Å²) in [7, 11) is 0. The van der Waals surface area contributed by atoms with Gasteiger partial charge < -0.3 is 15.3 Å². The van der Waals surface area contributed by atoms with E-state index in [0.29, 0.717) is 0 Å². The van der Waals surface area contributed by atoms with Crippen molar-refractivity contribution < 1.29 is 20.1 Å². The molecular weight excluding hydrogens is 184 g/mol. The highest BCUT2D eigenvalue weighted by atomic mass is 16.4. The Bertz CT molecular complexity index is 369.